The van der Waals surface area contributed by atoms with Gasteiger partial charge < -0.3 is 5.73 Å². The SMILES string of the molecule is Cc1ccc(I)c(C(N)=O)c1C(F)(F)F. The first kappa shape index (κ1) is 12.3. The summed E-state index contributed by atoms with van der Waals surface area (Å²) in [5.41, 5.74) is 3.54. The van der Waals surface area contributed by atoms with Gasteiger partial charge in [0.15, 0.2) is 0 Å². The van der Waals surface area contributed by atoms with Gasteiger partial charge in [-0.2, -0.15) is 13.2 Å². The molecule has 1 rings (SSSR count). The number of primary amides is 1. The number of carbonyl (C=O) groups excluding carboxylic acids is 1. The summed E-state index contributed by atoms with van der Waals surface area (Å²) in [6, 6.07) is 2.75. The van der Waals surface area contributed by atoms with Crippen molar-refractivity contribution >= 4 is 28.5 Å². The van der Waals surface area contributed by atoms with Gasteiger partial charge in [0.2, 0.25) is 5.91 Å². The van der Waals surface area contributed by atoms with Gasteiger partial charge in [-0.15, -0.1) is 0 Å². The number of benzene rings is 1. The fraction of sp³-hybridized carbons (Fsp3) is 0.222. The molecule has 2 nitrogen and oxygen atoms in total. The summed E-state index contributed by atoms with van der Waals surface area (Å²) in [5.74, 6) is -1.06. The topological polar surface area (TPSA) is 43.1 Å². The average Bonchev–Trinajstić information content (AvgIpc) is 2.05. The molecule has 15 heavy (non-hydrogen) atoms. The lowest BCUT2D eigenvalue weighted by atomic mass is 10.0. The summed E-state index contributed by atoms with van der Waals surface area (Å²) >= 11 is 1.66. The molecule has 0 radical (unpaired) electrons. The van der Waals surface area contributed by atoms with Gasteiger partial charge in [0, 0.05) is 3.57 Å². The van der Waals surface area contributed by atoms with E-state index >= 15 is 0 Å². The molecule has 6 heteroatoms. The van der Waals surface area contributed by atoms with Crippen molar-refractivity contribution in [1.82, 2.24) is 0 Å². The van der Waals surface area contributed by atoms with Crippen LogP contribution in [0.4, 0.5) is 13.2 Å². The highest BCUT2D eigenvalue weighted by atomic mass is 127. The van der Waals surface area contributed by atoms with E-state index in [2.05, 4.69) is 0 Å². The number of rotatable bonds is 1. The molecule has 0 unspecified atom stereocenters. The van der Waals surface area contributed by atoms with Gasteiger partial charge in [0.05, 0.1) is 11.1 Å². The van der Waals surface area contributed by atoms with Crippen LogP contribution in [0.25, 0.3) is 0 Å². The van der Waals surface area contributed by atoms with Crippen molar-refractivity contribution in [1.29, 1.82) is 0 Å². The second-order valence-corrected chi connectivity index (χ2v) is 4.14. The Bertz CT molecular complexity index is 415. The van der Waals surface area contributed by atoms with E-state index < -0.39 is 23.2 Å². The molecule has 0 saturated carbocycles. The van der Waals surface area contributed by atoms with Crippen molar-refractivity contribution in [2.45, 2.75) is 13.1 Å². The molecule has 0 saturated heterocycles. The largest absolute Gasteiger partial charge is 0.417 e. The first-order valence-corrected chi connectivity index (χ1v) is 4.99. The van der Waals surface area contributed by atoms with Crippen molar-refractivity contribution in [3.8, 4) is 0 Å². The lowest BCUT2D eigenvalue weighted by Gasteiger charge is -2.14. The van der Waals surface area contributed by atoms with Crippen molar-refractivity contribution in [3.05, 3.63) is 32.4 Å². The Morgan fingerprint density at radius 2 is 1.93 bits per heavy atom. The third-order valence-electron chi connectivity index (χ3n) is 1.89. The highest BCUT2D eigenvalue weighted by molar-refractivity contribution is 14.1. The first-order valence-electron chi connectivity index (χ1n) is 3.91. The molecule has 0 fully saturated rings. The smallest absolute Gasteiger partial charge is 0.366 e. The summed E-state index contributed by atoms with van der Waals surface area (Å²) < 4.78 is 38.1. The third kappa shape index (κ3) is 2.42. The van der Waals surface area contributed by atoms with Crippen molar-refractivity contribution in [2.75, 3.05) is 0 Å². The quantitative estimate of drug-likeness (QED) is 0.791. The molecule has 1 aromatic carbocycles. The van der Waals surface area contributed by atoms with Crippen LogP contribution in [0.5, 0.6) is 0 Å². The fourth-order valence-electron chi connectivity index (χ4n) is 1.29. The van der Waals surface area contributed by atoms with Crippen LogP contribution >= 0.6 is 22.6 Å². The van der Waals surface area contributed by atoms with Crippen molar-refractivity contribution < 1.29 is 18.0 Å². The molecular formula is C9H7F3INO. The first-order chi connectivity index (χ1) is 6.75. The molecule has 0 bridgehead atoms. The van der Waals surface area contributed by atoms with Crippen LogP contribution in [0.2, 0.25) is 0 Å². The minimum Gasteiger partial charge on any atom is -0.366 e. The maximum Gasteiger partial charge on any atom is 0.417 e. The number of carbonyl (C=O) groups is 1. The van der Waals surface area contributed by atoms with Gasteiger partial charge in [0.25, 0.3) is 0 Å². The molecule has 1 amide bonds. The molecule has 0 aromatic heterocycles. The normalized spacial score (nSPS) is 11.5. The van der Waals surface area contributed by atoms with Crippen LogP contribution in [0, 0.1) is 10.5 Å². The van der Waals surface area contributed by atoms with E-state index in [0.29, 0.717) is 0 Å². The highest BCUT2D eigenvalue weighted by Gasteiger charge is 2.37. The summed E-state index contributed by atoms with van der Waals surface area (Å²) in [6.07, 6.45) is -4.56. The van der Waals surface area contributed by atoms with E-state index in [1.807, 2.05) is 0 Å². The van der Waals surface area contributed by atoms with Crippen LogP contribution in [0.15, 0.2) is 12.1 Å². The highest BCUT2D eigenvalue weighted by Crippen LogP contribution is 2.36. The number of nitrogens with two attached hydrogens (primary N) is 1. The molecule has 2 N–H and O–H groups in total. The molecule has 0 aliphatic carbocycles. The van der Waals surface area contributed by atoms with Crippen LogP contribution in [-0.2, 0) is 6.18 Å². The molecular weight excluding hydrogens is 322 g/mol. The zero-order valence-corrected chi connectivity index (χ0v) is 9.81. The number of alkyl halides is 3. The number of hydrogen-bond acceptors (Lipinski definition) is 1. The third-order valence-corrected chi connectivity index (χ3v) is 2.79. The minimum absolute atomic E-state index is 0.00304. The Kier molecular flexibility index (Phi) is 3.27. The number of aryl methyl sites for hydroxylation is 1. The Hall–Kier alpha value is -0.790. The maximum atomic E-state index is 12.6. The lowest BCUT2D eigenvalue weighted by Crippen LogP contribution is -2.21. The summed E-state index contributed by atoms with van der Waals surface area (Å²) in [5, 5.41) is 0. The number of halogens is 4. The molecule has 0 spiro atoms. The van der Waals surface area contributed by atoms with Gasteiger partial charge in [-0.05, 0) is 41.1 Å². The van der Waals surface area contributed by atoms with E-state index in [1.54, 1.807) is 22.6 Å². The van der Waals surface area contributed by atoms with Crippen molar-refractivity contribution in [2.24, 2.45) is 5.73 Å². The molecule has 0 heterocycles. The van der Waals surface area contributed by atoms with Crippen molar-refractivity contribution in [3.63, 3.8) is 0 Å². The Morgan fingerprint density at radius 1 is 1.40 bits per heavy atom. The van der Waals surface area contributed by atoms with E-state index in [0.717, 1.165) is 0 Å². The average molecular weight is 329 g/mol. The van der Waals surface area contributed by atoms with E-state index in [9.17, 15) is 18.0 Å². The minimum atomic E-state index is -4.56. The van der Waals surface area contributed by atoms with Gasteiger partial charge >= 0.3 is 6.18 Å². The number of hydrogen-bond donors (Lipinski definition) is 1. The van der Waals surface area contributed by atoms with Crippen LogP contribution in [-0.4, -0.2) is 5.91 Å². The lowest BCUT2D eigenvalue weighted by molar-refractivity contribution is -0.138. The predicted molar refractivity (Wildman–Crippen MR) is 57.4 cm³/mol. The van der Waals surface area contributed by atoms with E-state index in [4.69, 9.17) is 5.73 Å². The predicted octanol–water partition coefficient (Wildman–Crippen LogP) is 2.72. The van der Waals surface area contributed by atoms with Crippen LogP contribution in [0.1, 0.15) is 21.5 Å². The standard InChI is InChI=1S/C9H7F3INO/c1-4-2-3-5(13)6(8(14)15)7(4)9(10,11)12/h2-3H,1H3,(H2,14,15). The molecule has 0 aliphatic heterocycles. The second kappa shape index (κ2) is 3.99. The maximum absolute atomic E-state index is 12.6. The zero-order valence-electron chi connectivity index (χ0n) is 7.65. The van der Waals surface area contributed by atoms with E-state index in [1.165, 1.54) is 19.1 Å². The second-order valence-electron chi connectivity index (χ2n) is 2.98. The van der Waals surface area contributed by atoms with Gasteiger partial charge in [-0.1, -0.05) is 6.07 Å². The Labute approximate surface area is 97.8 Å². The fourth-order valence-corrected chi connectivity index (χ4v) is 2.00. The Morgan fingerprint density at radius 3 is 2.27 bits per heavy atom. The summed E-state index contributed by atoms with van der Waals surface area (Å²) in [6.45, 7) is 1.30. The summed E-state index contributed by atoms with van der Waals surface area (Å²) in [7, 11) is 0. The molecule has 0 aliphatic rings. The molecule has 0 atom stereocenters. The molecule has 1 aromatic rings. The van der Waals surface area contributed by atoms with Crippen LogP contribution < -0.4 is 5.73 Å². The summed E-state index contributed by atoms with van der Waals surface area (Å²) in [4.78, 5) is 11.0. The van der Waals surface area contributed by atoms with Crippen LogP contribution in [0.3, 0.4) is 0 Å². The zero-order chi connectivity index (χ0) is 11.8. The Balaban J connectivity index is 3.60. The molecule has 82 valence electrons. The van der Waals surface area contributed by atoms with Gasteiger partial charge in [0.1, 0.15) is 0 Å². The van der Waals surface area contributed by atoms with Gasteiger partial charge in [-0.25, -0.2) is 0 Å². The van der Waals surface area contributed by atoms with E-state index in [-0.39, 0.29) is 9.13 Å². The number of amides is 1. The monoisotopic (exact) mass is 329 g/mol. The van der Waals surface area contributed by atoms with Gasteiger partial charge in [-0.3, -0.25) is 4.79 Å².